The van der Waals surface area contributed by atoms with E-state index in [1.165, 1.54) is 4.31 Å². The van der Waals surface area contributed by atoms with Gasteiger partial charge in [-0.3, -0.25) is 4.79 Å². The Morgan fingerprint density at radius 2 is 1.84 bits per heavy atom. The summed E-state index contributed by atoms with van der Waals surface area (Å²) in [4.78, 5) is 23.4. The molecule has 32 heavy (non-hydrogen) atoms. The number of pyridine rings is 2. The van der Waals surface area contributed by atoms with Crippen LogP contribution in [-0.2, 0) is 21.4 Å². The van der Waals surface area contributed by atoms with Crippen molar-refractivity contribution in [3.63, 3.8) is 0 Å². The molecule has 4 aromatic rings. The lowest BCUT2D eigenvalue weighted by Crippen LogP contribution is -2.51. The predicted molar refractivity (Wildman–Crippen MR) is 125 cm³/mol. The Balaban J connectivity index is 1.32. The molecule has 0 atom stereocenters. The molecule has 0 spiro atoms. The summed E-state index contributed by atoms with van der Waals surface area (Å²) in [5.74, 6) is 0.216. The van der Waals surface area contributed by atoms with Crippen molar-refractivity contribution in [1.82, 2.24) is 19.2 Å². The number of rotatable bonds is 4. The number of nitrogens with zero attached hydrogens (tertiary/aromatic N) is 4. The molecule has 0 radical (unpaired) electrons. The topological polar surface area (TPSA) is 109 Å². The van der Waals surface area contributed by atoms with Crippen molar-refractivity contribution in [3.05, 3.63) is 59.2 Å². The molecule has 1 saturated heterocycles. The molecule has 164 valence electrons. The number of amides is 1. The van der Waals surface area contributed by atoms with Crippen molar-refractivity contribution in [2.45, 2.75) is 10.8 Å². The Morgan fingerprint density at radius 3 is 2.66 bits per heavy atom. The molecule has 2 N–H and O–H groups in total. The number of anilines is 1. The average Bonchev–Trinajstić information content (AvgIpc) is 3.19. The van der Waals surface area contributed by atoms with Gasteiger partial charge in [-0.2, -0.15) is 4.31 Å². The number of nitrogens with two attached hydrogens (primary N) is 1. The van der Waals surface area contributed by atoms with Crippen LogP contribution < -0.4 is 5.73 Å². The second-order valence-electron chi connectivity index (χ2n) is 7.51. The van der Waals surface area contributed by atoms with Gasteiger partial charge < -0.3 is 10.6 Å². The fourth-order valence-electron chi connectivity index (χ4n) is 3.70. The van der Waals surface area contributed by atoms with Crippen LogP contribution in [0.15, 0.2) is 52.7 Å². The van der Waals surface area contributed by atoms with Crippen LogP contribution >= 0.6 is 22.9 Å². The van der Waals surface area contributed by atoms with E-state index >= 15 is 0 Å². The van der Waals surface area contributed by atoms with Gasteiger partial charge in [0.2, 0.25) is 5.91 Å². The van der Waals surface area contributed by atoms with E-state index in [9.17, 15) is 13.2 Å². The van der Waals surface area contributed by atoms with E-state index in [2.05, 4.69) is 9.97 Å². The van der Waals surface area contributed by atoms with Gasteiger partial charge in [0.25, 0.3) is 10.0 Å². The number of halogens is 1. The maximum atomic E-state index is 13.1. The Morgan fingerprint density at radius 1 is 1.03 bits per heavy atom. The third kappa shape index (κ3) is 3.90. The highest BCUT2D eigenvalue weighted by Gasteiger charge is 2.34. The molecule has 4 heterocycles. The summed E-state index contributed by atoms with van der Waals surface area (Å²) in [7, 11) is -3.80. The number of fused-ring (bicyclic) bond motifs is 2. The second kappa shape index (κ2) is 7.96. The van der Waals surface area contributed by atoms with E-state index in [4.69, 9.17) is 17.3 Å². The van der Waals surface area contributed by atoms with Crippen LogP contribution in [0.25, 0.3) is 21.1 Å². The summed E-state index contributed by atoms with van der Waals surface area (Å²) in [6.07, 6.45) is 0. The summed E-state index contributed by atoms with van der Waals surface area (Å²) < 4.78 is 27.6. The van der Waals surface area contributed by atoms with E-state index in [1.54, 1.807) is 29.2 Å². The standard InChI is InChI=1S/C21H18ClN5O3S2/c22-17-5-2-15-10-20(31-21(15)25-17)32(29,30)27-8-7-26(19(28)12-27)11-13-1-4-16-14(9-13)3-6-18(23)24-16/h1-6,9-10H,7-8,11-12H2,(H2,23,24). The number of hydrogen-bond donors (Lipinski definition) is 1. The lowest BCUT2D eigenvalue weighted by atomic mass is 10.1. The molecule has 1 aliphatic heterocycles. The van der Waals surface area contributed by atoms with Gasteiger partial charge in [0, 0.05) is 30.4 Å². The Hall–Kier alpha value is -2.79. The number of hydrogen-bond acceptors (Lipinski definition) is 7. The molecule has 0 saturated carbocycles. The molecule has 8 nitrogen and oxygen atoms in total. The van der Waals surface area contributed by atoms with Gasteiger partial charge in [0.15, 0.2) is 0 Å². The van der Waals surface area contributed by atoms with Crippen molar-refractivity contribution in [2.24, 2.45) is 0 Å². The molecular formula is C21H18ClN5O3S2. The summed E-state index contributed by atoms with van der Waals surface area (Å²) >= 11 is 6.96. The number of aromatic nitrogens is 2. The predicted octanol–water partition coefficient (Wildman–Crippen LogP) is 3.11. The summed E-state index contributed by atoms with van der Waals surface area (Å²) in [5.41, 5.74) is 7.45. The highest BCUT2D eigenvalue weighted by atomic mass is 35.5. The smallest absolute Gasteiger partial charge is 0.253 e. The third-order valence-corrected chi connectivity index (χ3v) is 8.90. The van der Waals surface area contributed by atoms with Crippen LogP contribution in [0.4, 0.5) is 5.82 Å². The first-order valence-corrected chi connectivity index (χ1v) is 12.4. The average molecular weight is 488 g/mol. The zero-order valence-corrected chi connectivity index (χ0v) is 19.1. The fraction of sp³-hybridized carbons (Fsp3) is 0.190. The molecule has 1 aliphatic rings. The highest BCUT2D eigenvalue weighted by molar-refractivity contribution is 7.91. The van der Waals surface area contributed by atoms with Gasteiger partial charge >= 0.3 is 0 Å². The number of carbonyl (C=O) groups is 1. The zero-order valence-electron chi connectivity index (χ0n) is 16.7. The maximum absolute atomic E-state index is 13.1. The minimum absolute atomic E-state index is 0.157. The minimum Gasteiger partial charge on any atom is -0.384 e. The van der Waals surface area contributed by atoms with Gasteiger partial charge in [-0.25, -0.2) is 18.4 Å². The zero-order chi connectivity index (χ0) is 22.5. The summed E-state index contributed by atoms with van der Waals surface area (Å²) in [5, 5.41) is 1.94. The first-order valence-electron chi connectivity index (χ1n) is 9.79. The molecule has 3 aromatic heterocycles. The number of piperazine rings is 1. The highest BCUT2D eigenvalue weighted by Crippen LogP contribution is 2.31. The summed E-state index contributed by atoms with van der Waals surface area (Å²) in [6, 6.07) is 14.3. The lowest BCUT2D eigenvalue weighted by molar-refractivity contribution is -0.134. The second-order valence-corrected chi connectivity index (χ2v) is 11.1. The third-order valence-electron chi connectivity index (χ3n) is 5.35. The molecule has 1 fully saturated rings. The Bertz CT molecular complexity index is 1470. The van der Waals surface area contributed by atoms with E-state index in [-0.39, 0.29) is 23.2 Å². The van der Waals surface area contributed by atoms with E-state index < -0.39 is 10.0 Å². The van der Waals surface area contributed by atoms with Gasteiger partial charge in [-0.05, 0) is 48.0 Å². The number of nitrogen functional groups attached to an aromatic ring is 1. The largest absolute Gasteiger partial charge is 0.384 e. The normalized spacial score (nSPS) is 15.7. The van der Waals surface area contributed by atoms with Gasteiger partial charge in [-0.15, -0.1) is 11.3 Å². The van der Waals surface area contributed by atoms with Crippen molar-refractivity contribution >= 4 is 65.8 Å². The van der Waals surface area contributed by atoms with Crippen molar-refractivity contribution in [1.29, 1.82) is 0 Å². The van der Waals surface area contributed by atoms with Crippen LogP contribution in [0, 0.1) is 0 Å². The lowest BCUT2D eigenvalue weighted by Gasteiger charge is -2.33. The van der Waals surface area contributed by atoms with E-state index in [0.29, 0.717) is 34.3 Å². The maximum Gasteiger partial charge on any atom is 0.253 e. The SMILES string of the molecule is Nc1ccc2cc(CN3CCN(S(=O)(=O)c4cc5ccc(Cl)nc5s4)CC3=O)ccc2n1. The molecule has 11 heteroatoms. The van der Waals surface area contributed by atoms with Gasteiger partial charge in [-0.1, -0.05) is 17.7 Å². The molecule has 0 bridgehead atoms. The van der Waals surface area contributed by atoms with Crippen molar-refractivity contribution in [3.8, 4) is 0 Å². The van der Waals surface area contributed by atoms with Crippen LogP contribution in [0.5, 0.6) is 0 Å². The Labute approximate surface area is 193 Å². The van der Waals surface area contributed by atoms with Crippen molar-refractivity contribution < 1.29 is 13.2 Å². The number of thiophene rings is 1. The molecule has 1 aromatic carbocycles. The minimum atomic E-state index is -3.80. The molecule has 5 rings (SSSR count). The quantitative estimate of drug-likeness (QED) is 0.443. The monoisotopic (exact) mass is 487 g/mol. The number of carbonyl (C=O) groups excluding carboxylic acids is 1. The van der Waals surface area contributed by atoms with Gasteiger partial charge in [0.1, 0.15) is 20.0 Å². The van der Waals surface area contributed by atoms with E-state index in [0.717, 1.165) is 27.8 Å². The Kier molecular flexibility index (Phi) is 5.25. The number of sulfonamides is 1. The van der Waals surface area contributed by atoms with Crippen LogP contribution in [0.1, 0.15) is 5.56 Å². The van der Waals surface area contributed by atoms with E-state index in [1.807, 2.05) is 24.3 Å². The first-order chi connectivity index (χ1) is 15.3. The fourth-order valence-corrected chi connectivity index (χ4v) is 6.77. The van der Waals surface area contributed by atoms with Crippen LogP contribution in [0.3, 0.4) is 0 Å². The summed E-state index contributed by atoms with van der Waals surface area (Å²) in [6.45, 7) is 0.738. The van der Waals surface area contributed by atoms with Crippen LogP contribution in [-0.4, -0.2) is 53.1 Å². The number of benzene rings is 1. The molecule has 1 amide bonds. The van der Waals surface area contributed by atoms with Gasteiger partial charge in [0.05, 0.1) is 12.1 Å². The molecular weight excluding hydrogens is 470 g/mol. The molecule has 0 unspecified atom stereocenters. The van der Waals surface area contributed by atoms with Crippen molar-refractivity contribution in [2.75, 3.05) is 25.4 Å². The van der Waals surface area contributed by atoms with Crippen LogP contribution in [0.2, 0.25) is 5.15 Å². The first kappa shape index (κ1) is 21.1. The molecule has 0 aliphatic carbocycles.